The van der Waals surface area contributed by atoms with Gasteiger partial charge in [0.15, 0.2) is 6.10 Å². The molecule has 254 valence electrons. The monoisotopic (exact) mass is 678 g/mol. The summed E-state index contributed by atoms with van der Waals surface area (Å²) in [7, 11) is -10.9. The van der Waals surface area contributed by atoms with Gasteiger partial charge in [-0.15, -0.1) is 0 Å². The molecule has 12 N–H and O–H groups in total. The lowest BCUT2D eigenvalue weighted by molar-refractivity contribution is -0.956. The van der Waals surface area contributed by atoms with Crippen LogP contribution in [0.1, 0.15) is 12.8 Å². The molecule has 15 unspecified atom stereocenters. The molecule has 0 aromatic carbocycles. The van der Waals surface area contributed by atoms with E-state index in [2.05, 4.69) is 24.8 Å². The van der Waals surface area contributed by atoms with Gasteiger partial charge in [-0.25, -0.2) is 13.8 Å². The zero-order valence-electron chi connectivity index (χ0n) is 23.4. The number of carbonyl (C=O) groups is 1. The van der Waals surface area contributed by atoms with E-state index in [0.717, 1.165) is 0 Å². The predicted molar refractivity (Wildman–Crippen MR) is 139 cm³/mol. The molecule has 15 atom stereocenters. The Morgan fingerprint density at radius 3 is 2.43 bits per heavy atom. The Morgan fingerprint density at radius 1 is 1.02 bits per heavy atom. The molecule has 23 heteroatoms. The van der Waals surface area contributed by atoms with Crippen molar-refractivity contribution >= 4 is 21.6 Å². The lowest BCUT2D eigenvalue weighted by Gasteiger charge is -2.38. The van der Waals surface area contributed by atoms with Crippen molar-refractivity contribution in [2.45, 2.75) is 80.3 Å². The van der Waals surface area contributed by atoms with E-state index in [1.165, 1.54) is 0 Å². The van der Waals surface area contributed by atoms with Crippen LogP contribution in [0.3, 0.4) is 0 Å². The summed E-state index contributed by atoms with van der Waals surface area (Å²) in [6, 6.07) is -0.246. The second-order valence-corrected chi connectivity index (χ2v) is 14.5. The van der Waals surface area contributed by atoms with Crippen LogP contribution in [-0.2, 0) is 36.8 Å². The van der Waals surface area contributed by atoms with Crippen LogP contribution in [0, 0.1) is 5.92 Å². The van der Waals surface area contributed by atoms with Gasteiger partial charge in [0, 0.05) is 6.67 Å². The van der Waals surface area contributed by atoms with E-state index in [0.29, 0.717) is 31.0 Å². The standard InChI is InChI=1S/C21H40N6O15P2/c22-17-12-18(24-7-23-17)27(8-25-12)20-16(31)14(29)11(41-20)6-39-44(36,37)42-43(34,35)38-5-10-13(28)15(30)19(40-10)26-3-1-2-9(4-26)21(32)33/h9-20,23-25,28-31H,1-8,22H2,(H,32,33)(H,34,35)(H,36,37). The smallest absolute Gasteiger partial charge is 0.478 e. The Hall–Kier alpha value is -0.750. The number of likely N-dealkylation sites (tertiary alicyclic amines) is 1. The highest BCUT2D eigenvalue weighted by molar-refractivity contribution is 7.60. The number of nitrogens with two attached hydrogens (primary N) is 1. The Bertz CT molecular complexity index is 1130. The SMILES string of the molecule is NC1NCNC2C1NCN2C1OC(COP(=O)(O)OP(=O)([O-])OCC2OC([NH+]3CCCC(C(=O)O)C3)C(O)C2O)C(O)C1O. The van der Waals surface area contributed by atoms with E-state index in [1.807, 2.05) is 0 Å². The normalized spacial score (nSPS) is 45.9. The van der Waals surface area contributed by atoms with E-state index < -0.39 is 96.0 Å². The number of carboxylic acid groups (broad SMARTS) is 1. The van der Waals surface area contributed by atoms with E-state index in [9.17, 15) is 49.2 Å². The average Bonchev–Trinajstić information content (AvgIpc) is 3.61. The Labute approximate surface area is 251 Å². The lowest BCUT2D eigenvalue weighted by atomic mass is 9.97. The van der Waals surface area contributed by atoms with Crippen LogP contribution < -0.4 is 31.5 Å². The number of hydrogen-bond donors (Lipinski definition) is 11. The maximum Gasteiger partial charge on any atom is 0.478 e. The number of nitrogens with zero attached hydrogens (tertiary/aromatic N) is 1. The topological polar surface area (TPSA) is 312 Å². The minimum atomic E-state index is -5.57. The molecule has 5 aliphatic heterocycles. The zero-order valence-corrected chi connectivity index (χ0v) is 25.2. The first-order valence-electron chi connectivity index (χ1n) is 14.1. The predicted octanol–water partition coefficient (Wildman–Crippen LogP) is -7.13. The zero-order chi connectivity index (χ0) is 32.0. The molecule has 5 saturated heterocycles. The summed E-state index contributed by atoms with van der Waals surface area (Å²) >= 11 is 0. The van der Waals surface area contributed by atoms with Gasteiger partial charge < -0.3 is 60.0 Å². The highest BCUT2D eigenvalue weighted by atomic mass is 31.3. The van der Waals surface area contributed by atoms with Crippen LogP contribution in [0.2, 0.25) is 0 Å². The first-order chi connectivity index (χ1) is 20.7. The number of phosphoric acid groups is 2. The number of rotatable bonds is 11. The first-order valence-corrected chi connectivity index (χ1v) is 17.1. The van der Waals surface area contributed by atoms with Gasteiger partial charge in [0.1, 0.15) is 42.7 Å². The van der Waals surface area contributed by atoms with Crippen molar-refractivity contribution in [3.05, 3.63) is 0 Å². The quantitative estimate of drug-likeness (QED) is 0.0904. The summed E-state index contributed by atoms with van der Waals surface area (Å²) in [6.45, 7) is -0.557. The minimum Gasteiger partial charge on any atom is -0.756 e. The highest BCUT2D eigenvalue weighted by Crippen LogP contribution is 2.58. The van der Waals surface area contributed by atoms with Crippen LogP contribution >= 0.6 is 15.6 Å². The molecule has 5 fully saturated rings. The molecule has 44 heavy (non-hydrogen) atoms. The maximum absolute atomic E-state index is 12.4. The lowest BCUT2D eigenvalue weighted by Crippen LogP contribution is -3.18. The fraction of sp³-hybridized carbons (Fsp3) is 0.952. The van der Waals surface area contributed by atoms with Crippen LogP contribution in [0.4, 0.5) is 0 Å². The van der Waals surface area contributed by atoms with Gasteiger partial charge in [0.05, 0.1) is 51.3 Å². The molecular weight excluding hydrogens is 638 g/mol. The minimum absolute atomic E-state index is 0.126. The number of nitrogens with one attached hydrogen (secondary N) is 4. The number of hydrogen-bond acceptors (Lipinski definition) is 18. The van der Waals surface area contributed by atoms with Gasteiger partial charge in [-0.1, -0.05) is 0 Å². The van der Waals surface area contributed by atoms with E-state index in [-0.39, 0.29) is 25.4 Å². The average molecular weight is 679 g/mol. The second-order valence-electron chi connectivity index (χ2n) is 11.5. The second kappa shape index (κ2) is 13.8. The number of aliphatic hydroxyl groups excluding tert-OH is 4. The van der Waals surface area contributed by atoms with Crippen molar-refractivity contribution in [2.75, 3.05) is 39.6 Å². The molecule has 0 aliphatic carbocycles. The summed E-state index contributed by atoms with van der Waals surface area (Å²) in [5.74, 6) is -1.67. The van der Waals surface area contributed by atoms with Crippen molar-refractivity contribution in [2.24, 2.45) is 11.7 Å². The number of quaternary nitrogens is 1. The summed E-state index contributed by atoms with van der Waals surface area (Å²) < 4.78 is 49.6. The molecule has 0 bridgehead atoms. The van der Waals surface area contributed by atoms with Crippen LogP contribution in [0.15, 0.2) is 0 Å². The molecule has 0 amide bonds. The number of phosphoric ester groups is 2. The van der Waals surface area contributed by atoms with Gasteiger partial charge in [0.25, 0.3) is 7.82 Å². The van der Waals surface area contributed by atoms with Crippen LogP contribution in [-0.4, -0.2) is 148 Å². The number of aliphatic hydroxyl groups is 4. The molecule has 5 rings (SSSR count). The number of aliphatic carboxylic acids is 1. The third-order valence-corrected chi connectivity index (χ3v) is 11.1. The molecule has 0 spiro atoms. The largest absolute Gasteiger partial charge is 0.756 e. The van der Waals surface area contributed by atoms with Crippen LogP contribution in [0.5, 0.6) is 0 Å². The molecule has 0 radical (unpaired) electrons. The highest BCUT2D eigenvalue weighted by Gasteiger charge is 2.53. The van der Waals surface area contributed by atoms with Crippen molar-refractivity contribution < 1.29 is 77.0 Å². The molecule has 5 heterocycles. The number of fused-ring (bicyclic) bond motifs is 1. The molecule has 21 nitrogen and oxygen atoms in total. The first kappa shape index (κ1) is 34.6. The van der Waals surface area contributed by atoms with E-state index in [4.69, 9.17) is 19.7 Å². The van der Waals surface area contributed by atoms with E-state index >= 15 is 0 Å². The van der Waals surface area contributed by atoms with Crippen molar-refractivity contribution in [1.29, 1.82) is 0 Å². The van der Waals surface area contributed by atoms with Crippen molar-refractivity contribution in [1.82, 2.24) is 20.9 Å². The third kappa shape index (κ3) is 7.52. The Kier molecular flexibility index (Phi) is 10.8. The molecule has 0 aromatic heterocycles. The Morgan fingerprint density at radius 2 is 1.70 bits per heavy atom. The summed E-state index contributed by atoms with van der Waals surface area (Å²) in [6.07, 6.45) is -10.7. The van der Waals surface area contributed by atoms with E-state index in [1.54, 1.807) is 4.90 Å². The molecule has 5 aliphatic rings. The fourth-order valence-corrected chi connectivity index (χ4v) is 8.34. The number of ether oxygens (including phenoxy) is 2. The number of piperidine rings is 1. The number of carboxylic acids is 1. The summed E-state index contributed by atoms with van der Waals surface area (Å²) in [5, 5.41) is 60.5. The van der Waals surface area contributed by atoms with Crippen molar-refractivity contribution in [3.63, 3.8) is 0 Å². The molecule has 0 aromatic rings. The van der Waals surface area contributed by atoms with Crippen molar-refractivity contribution in [3.8, 4) is 0 Å². The summed E-state index contributed by atoms with van der Waals surface area (Å²) in [5.41, 5.74) is 6.04. The third-order valence-electron chi connectivity index (χ3n) is 8.58. The molecule has 0 saturated carbocycles. The van der Waals surface area contributed by atoms with Crippen LogP contribution in [0.25, 0.3) is 0 Å². The fourth-order valence-electron chi connectivity index (χ4n) is 6.29. The molecular formula is C21H40N6O15P2. The summed E-state index contributed by atoms with van der Waals surface area (Å²) in [4.78, 5) is 36.0. The van der Waals surface area contributed by atoms with Gasteiger partial charge in [-0.2, -0.15) is 0 Å². The van der Waals surface area contributed by atoms with Gasteiger partial charge >= 0.3 is 13.8 Å². The maximum atomic E-state index is 12.4. The Balaban J connectivity index is 1.10. The van der Waals surface area contributed by atoms with Gasteiger partial charge in [-0.05, 0) is 12.8 Å². The van der Waals surface area contributed by atoms with Gasteiger partial charge in [-0.3, -0.25) is 29.8 Å². The van der Waals surface area contributed by atoms with Gasteiger partial charge in [0.2, 0.25) is 6.23 Å².